The molecule has 1 unspecified atom stereocenters. The predicted molar refractivity (Wildman–Crippen MR) is 97.8 cm³/mol. The summed E-state index contributed by atoms with van der Waals surface area (Å²) in [5, 5.41) is 3.11. The van der Waals surface area contributed by atoms with Crippen LogP contribution < -0.4 is 16.6 Å². The van der Waals surface area contributed by atoms with Gasteiger partial charge in [0.15, 0.2) is 17.0 Å². The summed E-state index contributed by atoms with van der Waals surface area (Å²) in [4.78, 5) is 45.1. The first kappa shape index (κ1) is 18.2. The normalized spacial score (nSPS) is 12.3. The van der Waals surface area contributed by atoms with E-state index in [1.165, 1.54) is 41.8 Å². The number of anilines is 1. The lowest BCUT2D eigenvalue weighted by Gasteiger charge is -2.15. The molecule has 0 radical (unpaired) electrons. The van der Waals surface area contributed by atoms with Crippen LogP contribution in [0.2, 0.25) is 10.0 Å². The van der Waals surface area contributed by atoms with Crippen LogP contribution in [-0.2, 0) is 18.9 Å². The van der Waals surface area contributed by atoms with E-state index in [9.17, 15) is 14.4 Å². The van der Waals surface area contributed by atoms with Crippen molar-refractivity contribution in [2.75, 3.05) is 5.32 Å². The number of aromatic nitrogens is 5. The van der Waals surface area contributed by atoms with Gasteiger partial charge in [-0.3, -0.25) is 18.7 Å². The summed E-state index contributed by atoms with van der Waals surface area (Å²) in [5.74, 6) is -0.311. The lowest BCUT2D eigenvalue weighted by molar-refractivity contribution is -0.118. The molecule has 0 saturated heterocycles. The van der Waals surface area contributed by atoms with E-state index in [1.54, 1.807) is 6.92 Å². The van der Waals surface area contributed by atoms with Crippen LogP contribution in [0.25, 0.3) is 11.2 Å². The van der Waals surface area contributed by atoms with Crippen molar-refractivity contribution in [2.24, 2.45) is 14.1 Å². The van der Waals surface area contributed by atoms with Crippen LogP contribution in [-0.4, -0.2) is 29.6 Å². The number of hydrogen-bond acceptors (Lipinski definition) is 5. The SMILES string of the molecule is CC(C(=O)Nc1ncc(Cl)cc1Cl)n1cnc2c1c(=O)n(C)c(=O)n2C. The third-order valence-corrected chi connectivity index (χ3v) is 4.51. The van der Waals surface area contributed by atoms with Crippen LogP contribution >= 0.6 is 23.2 Å². The molecule has 3 heterocycles. The maximum Gasteiger partial charge on any atom is 0.332 e. The monoisotopic (exact) mass is 396 g/mol. The van der Waals surface area contributed by atoms with Crippen LogP contribution in [0, 0.1) is 0 Å². The molecule has 11 heteroatoms. The van der Waals surface area contributed by atoms with E-state index >= 15 is 0 Å². The number of fused-ring (bicyclic) bond motifs is 1. The minimum absolute atomic E-state index is 0.146. The van der Waals surface area contributed by atoms with E-state index in [-0.39, 0.29) is 22.0 Å². The zero-order valence-corrected chi connectivity index (χ0v) is 15.5. The van der Waals surface area contributed by atoms with Crippen LogP contribution in [0.1, 0.15) is 13.0 Å². The van der Waals surface area contributed by atoms with Crippen molar-refractivity contribution in [3.63, 3.8) is 0 Å². The minimum Gasteiger partial charge on any atom is -0.312 e. The second kappa shape index (κ2) is 6.58. The van der Waals surface area contributed by atoms with E-state index in [1.807, 2.05) is 0 Å². The molecule has 26 heavy (non-hydrogen) atoms. The number of rotatable bonds is 3. The van der Waals surface area contributed by atoms with Gasteiger partial charge in [0.25, 0.3) is 5.56 Å². The van der Waals surface area contributed by atoms with Crippen molar-refractivity contribution in [3.05, 3.63) is 49.5 Å². The molecule has 3 aromatic rings. The van der Waals surface area contributed by atoms with Crippen LogP contribution in [0.5, 0.6) is 0 Å². The fourth-order valence-electron chi connectivity index (χ4n) is 2.51. The standard InChI is InChI=1S/C15H14Cl2N6O3/c1-7(13(24)20-11-9(17)4-8(16)5-18-11)23-6-19-12-10(23)14(25)22(3)15(26)21(12)2/h4-7H,1-3H3,(H,18,20,24). The second-order valence-corrected chi connectivity index (χ2v) is 6.52. The van der Waals surface area contributed by atoms with Gasteiger partial charge in [-0.05, 0) is 13.0 Å². The molecule has 0 aliphatic carbocycles. The highest BCUT2D eigenvalue weighted by Crippen LogP contribution is 2.23. The highest BCUT2D eigenvalue weighted by molar-refractivity contribution is 6.36. The van der Waals surface area contributed by atoms with Crippen LogP contribution in [0.4, 0.5) is 5.82 Å². The zero-order valence-electron chi connectivity index (χ0n) is 14.0. The smallest absolute Gasteiger partial charge is 0.312 e. The molecule has 0 aliphatic heterocycles. The first-order valence-corrected chi connectivity index (χ1v) is 8.22. The summed E-state index contributed by atoms with van der Waals surface area (Å²) < 4.78 is 3.61. The molecule has 0 saturated carbocycles. The van der Waals surface area contributed by atoms with Crippen molar-refractivity contribution in [2.45, 2.75) is 13.0 Å². The Morgan fingerprint density at radius 1 is 1.19 bits per heavy atom. The molecule has 0 aliphatic rings. The number of nitrogens with one attached hydrogen (secondary N) is 1. The summed E-state index contributed by atoms with van der Waals surface area (Å²) >= 11 is 11.8. The van der Waals surface area contributed by atoms with Gasteiger partial charge < -0.3 is 9.88 Å². The molecule has 0 aromatic carbocycles. The number of amides is 1. The minimum atomic E-state index is -0.807. The molecule has 136 valence electrons. The van der Waals surface area contributed by atoms with Crippen molar-refractivity contribution >= 4 is 46.1 Å². The van der Waals surface area contributed by atoms with Gasteiger partial charge in [-0.1, -0.05) is 23.2 Å². The molecule has 0 bridgehead atoms. The molecular formula is C15H14Cl2N6O3. The molecule has 9 nitrogen and oxygen atoms in total. The number of pyridine rings is 1. The van der Waals surface area contributed by atoms with Crippen molar-refractivity contribution in [3.8, 4) is 0 Å². The maximum absolute atomic E-state index is 12.6. The van der Waals surface area contributed by atoms with E-state index in [4.69, 9.17) is 23.2 Å². The average molecular weight is 397 g/mol. The summed E-state index contributed by atoms with van der Waals surface area (Å²) in [7, 11) is 2.87. The summed E-state index contributed by atoms with van der Waals surface area (Å²) in [6.07, 6.45) is 2.69. The lowest BCUT2D eigenvalue weighted by Crippen LogP contribution is -2.38. The summed E-state index contributed by atoms with van der Waals surface area (Å²) in [6, 6.07) is 0.646. The number of imidazole rings is 1. The Hall–Kier alpha value is -2.65. The molecule has 1 N–H and O–H groups in total. The zero-order chi connectivity index (χ0) is 19.2. The second-order valence-electron chi connectivity index (χ2n) is 5.68. The van der Waals surface area contributed by atoms with E-state index in [0.29, 0.717) is 5.02 Å². The summed E-state index contributed by atoms with van der Waals surface area (Å²) in [5.41, 5.74) is -0.697. The molecule has 3 aromatic heterocycles. The van der Waals surface area contributed by atoms with Gasteiger partial charge in [0.2, 0.25) is 5.91 Å². The number of aryl methyl sites for hydroxylation is 1. The Morgan fingerprint density at radius 3 is 2.54 bits per heavy atom. The maximum atomic E-state index is 12.6. The van der Waals surface area contributed by atoms with Gasteiger partial charge in [-0.25, -0.2) is 14.8 Å². The quantitative estimate of drug-likeness (QED) is 0.718. The molecular weight excluding hydrogens is 383 g/mol. The van der Waals surface area contributed by atoms with E-state index in [0.717, 1.165) is 4.57 Å². The number of carbonyl (C=O) groups is 1. The van der Waals surface area contributed by atoms with Gasteiger partial charge in [-0.2, -0.15) is 0 Å². The van der Waals surface area contributed by atoms with Crippen molar-refractivity contribution in [1.82, 2.24) is 23.7 Å². The Kier molecular flexibility index (Phi) is 4.59. The van der Waals surface area contributed by atoms with E-state index in [2.05, 4.69) is 15.3 Å². The number of nitrogens with zero attached hydrogens (tertiary/aromatic N) is 5. The van der Waals surface area contributed by atoms with Gasteiger partial charge >= 0.3 is 5.69 Å². The Morgan fingerprint density at radius 2 is 1.88 bits per heavy atom. The summed E-state index contributed by atoms with van der Waals surface area (Å²) in [6.45, 7) is 1.59. The molecule has 0 spiro atoms. The van der Waals surface area contributed by atoms with Crippen molar-refractivity contribution < 1.29 is 4.79 Å². The molecule has 0 fully saturated rings. The van der Waals surface area contributed by atoms with Crippen molar-refractivity contribution in [1.29, 1.82) is 0 Å². The fourth-order valence-corrected chi connectivity index (χ4v) is 2.94. The van der Waals surface area contributed by atoms with Gasteiger partial charge in [0.1, 0.15) is 6.04 Å². The van der Waals surface area contributed by atoms with Crippen LogP contribution in [0.3, 0.4) is 0 Å². The number of hydrogen-bond donors (Lipinski definition) is 1. The molecule has 3 rings (SSSR count). The predicted octanol–water partition coefficient (Wildman–Crippen LogP) is 1.34. The average Bonchev–Trinajstić information content (AvgIpc) is 3.04. The van der Waals surface area contributed by atoms with Gasteiger partial charge in [-0.15, -0.1) is 0 Å². The lowest BCUT2D eigenvalue weighted by atomic mass is 10.3. The Labute approximate surface area is 156 Å². The van der Waals surface area contributed by atoms with Crippen LogP contribution in [0.15, 0.2) is 28.2 Å². The molecule has 1 amide bonds. The number of halogens is 2. The highest BCUT2D eigenvalue weighted by Gasteiger charge is 2.22. The number of carbonyl (C=O) groups excluding carboxylic acids is 1. The third-order valence-electron chi connectivity index (χ3n) is 4.02. The first-order chi connectivity index (χ1) is 12.2. The first-order valence-electron chi connectivity index (χ1n) is 7.46. The van der Waals surface area contributed by atoms with Gasteiger partial charge in [0, 0.05) is 20.3 Å². The highest BCUT2D eigenvalue weighted by atomic mass is 35.5. The van der Waals surface area contributed by atoms with Gasteiger partial charge in [0.05, 0.1) is 16.4 Å². The third kappa shape index (κ3) is 2.89. The Balaban J connectivity index is 2.02. The topological polar surface area (TPSA) is 104 Å². The largest absolute Gasteiger partial charge is 0.332 e. The fraction of sp³-hybridized carbons (Fsp3) is 0.267. The Bertz CT molecular complexity index is 1150. The molecule has 1 atom stereocenters. The van der Waals surface area contributed by atoms with E-state index < -0.39 is 23.2 Å².